The number of aliphatic hydroxyl groups is 1. The summed E-state index contributed by atoms with van der Waals surface area (Å²) in [7, 11) is -4.94. The molecule has 4 saturated carbocycles. The second-order valence-corrected chi connectivity index (χ2v) is 22.0. The van der Waals surface area contributed by atoms with Crippen molar-refractivity contribution < 1.29 is 38.6 Å². The SMILES string of the molecule is CC12CCCCC1(C)C1CCC3(C)C(CCC3(O)C[n+]3c(-c4ccccc4)cc(-c4ccc(N5N=C(c6ccccc6)CC5c5ccccc5)cc4)cc3-c3ccccc3)C1CC2.[O-][Cl+3]([O-])([O-])[O-]. The van der Waals surface area contributed by atoms with Crippen LogP contribution in [0.3, 0.4) is 0 Å². The fraction of sp³-hybridized carbons (Fsp3) is 0.390. The molecule has 8 atom stereocenters. The van der Waals surface area contributed by atoms with Gasteiger partial charge in [0.25, 0.3) is 0 Å². The van der Waals surface area contributed by atoms with E-state index in [2.05, 4.69) is 188 Å². The normalized spacial score (nSPS) is 29.8. The lowest BCUT2D eigenvalue weighted by Gasteiger charge is -2.65. The van der Waals surface area contributed by atoms with E-state index in [1.807, 2.05) is 0 Å². The Morgan fingerprint density at radius 1 is 0.574 bits per heavy atom. The van der Waals surface area contributed by atoms with Gasteiger partial charge in [0.15, 0.2) is 6.54 Å². The number of hydrogen-bond donors (Lipinski definition) is 1. The number of benzene rings is 5. The van der Waals surface area contributed by atoms with E-state index in [-0.39, 0.29) is 11.5 Å². The third kappa shape index (κ3) is 8.63. The third-order valence-electron chi connectivity index (χ3n) is 18.1. The van der Waals surface area contributed by atoms with Gasteiger partial charge in [-0.05, 0) is 139 Å². The van der Waals surface area contributed by atoms with Crippen molar-refractivity contribution in [2.75, 3.05) is 5.01 Å². The number of fused-ring (bicyclic) bond motifs is 5. The molecule has 0 amide bonds. The van der Waals surface area contributed by atoms with Crippen LogP contribution in [0.4, 0.5) is 5.69 Å². The maximum Gasteiger partial charge on any atom is 0.213 e. The minimum Gasteiger partial charge on any atom is -0.383 e. The summed E-state index contributed by atoms with van der Waals surface area (Å²) in [4.78, 5) is 0. The van der Waals surface area contributed by atoms with Crippen LogP contribution in [0.2, 0.25) is 0 Å². The number of hydrazone groups is 1. The maximum absolute atomic E-state index is 13.5. The van der Waals surface area contributed by atoms with Crippen LogP contribution in [-0.4, -0.2) is 16.4 Å². The van der Waals surface area contributed by atoms with Crippen LogP contribution in [0.15, 0.2) is 163 Å². The van der Waals surface area contributed by atoms with Crippen LogP contribution < -0.4 is 28.2 Å². The Kier molecular flexibility index (Phi) is 12.5. The Morgan fingerprint density at radius 2 is 1.09 bits per heavy atom. The first-order chi connectivity index (χ1) is 32.7. The van der Waals surface area contributed by atoms with Crippen molar-refractivity contribution in [3.63, 3.8) is 0 Å². The largest absolute Gasteiger partial charge is 0.383 e. The topological polar surface area (TPSA) is 132 Å². The molecule has 1 aromatic heterocycles. The van der Waals surface area contributed by atoms with Crippen LogP contribution in [-0.2, 0) is 6.54 Å². The average molecular weight is 931 g/mol. The lowest BCUT2D eigenvalue weighted by Crippen LogP contribution is -2.68. The zero-order valence-electron chi connectivity index (χ0n) is 39.6. The smallest absolute Gasteiger partial charge is 0.213 e. The van der Waals surface area contributed by atoms with E-state index in [0.717, 1.165) is 60.0 Å². The fourth-order valence-corrected chi connectivity index (χ4v) is 14.2. The van der Waals surface area contributed by atoms with Gasteiger partial charge in [-0.3, -0.25) is 5.01 Å². The Hall–Kier alpha value is -5.19. The molecule has 4 aliphatic carbocycles. The van der Waals surface area contributed by atoms with Gasteiger partial charge in [-0.2, -0.15) is 9.67 Å². The van der Waals surface area contributed by atoms with Gasteiger partial charge in [0.05, 0.1) is 17.4 Å². The summed E-state index contributed by atoms with van der Waals surface area (Å²) in [5.74, 6) is 2.06. The molecule has 6 aromatic rings. The first kappa shape index (κ1) is 46.5. The predicted molar refractivity (Wildman–Crippen MR) is 258 cm³/mol. The maximum atomic E-state index is 13.5. The first-order valence-electron chi connectivity index (χ1n) is 24.8. The molecule has 5 aromatic carbocycles. The molecule has 8 nitrogen and oxygen atoms in total. The molecule has 2 heterocycles. The minimum absolute atomic E-state index is 0.115. The van der Waals surface area contributed by atoms with E-state index in [0.29, 0.717) is 29.2 Å². The summed E-state index contributed by atoms with van der Waals surface area (Å²) in [6.45, 7) is 8.39. The van der Waals surface area contributed by atoms with E-state index in [9.17, 15) is 5.11 Å². The number of aromatic nitrogens is 1. The summed E-state index contributed by atoms with van der Waals surface area (Å²) in [6.07, 6.45) is 13.5. The molecule has 4 fully saturated rings. The Bertz CT molecular complexity index is 2670. The van der Waals surface area contributed by atoms with Gasteiger partial charge in [0.2, 0.25) is 11.4 Å². The van der Waals surface area contributed by atoms with Crippen LogP contribution >= 0.6 is 0 Å². The van der Waals surface area contributed by atoms with Gasteiger partial charge in [-0.1, -0.05) is 143 Å². The molecule has 8 unspecified atom stereocenters. The summed E-state index contributed by atoms with van der Waals surface area (Å²) in [6, 6.07) is 57.1. The summed E-state index contributed by atoms with van der Waals surface area (Å²) in [5.41, 5.74) is 11.5. The van der Waals surface area contributed by atoms with E-state index in [1.165, 1.54) is 72.8 Å². The number of pyridine rings is 1. The highest BCUT2D eigenvalue weighted by Crippen LogP contribution is 2.71. The molecule has 0 saturated heterocycles. The quantitative estimate of drug-likeness (QED) is 0.152. The van der Waals surface area contributed by atoms with Crippen LogP contribution in [0.1, 0.15) is 109 Å². The molecule has 0 bridgehead atoms. The number of nitrogens with zero attached hydrogens (tertiary/aromatic N) is 3. The van der Waals surface area contributed by atoms with Gasteiger partial charge in [0.1, 0.15) is 5.60 Å². The molecule has 9 heteroatoms. The van der Waals surface area contributed by atoms with E-state index < -0.39 is 15.8 Å². The van der Waals surface area contributed by atoms with Crippen molar-refractivity contribution in [3.8, 4) is 33.6 Å². The molecule has 1 aliphatic heterocycles. The highest BCUT2D eigenvalue weighted by Gasteiger charge is 2.67. The molecule has 0 spiro atoms. The van der Waals surface area contributed by atoms with Crippen LogP contribution in [0, 0.1) is 44.2 Å². The summed E-state index contributed by atoms with van der Waals surface area (Å²) in [5, 5.41) is 20.9. The molecule has 0 radical (unpaired) electrons. The molecule has 1 N–H and O–H groups in total. The van der Waals surface area contributed by atoms with Gasteiger partial charge in [-0.15, -0.1) is 10.2 Å². The van der Waals surface area contributed by atoms with Crippen LogP contribution in [0.25, 0.3) is 33.6 Å². The van der Waals surface area contributed by atoms with E-state index >= 15 is 0 Å². The lowest BCUT2D eigenvalue weighted by molar-refractivity contribution is -2.00. The summed E-state index contributed by atoms with van der Waals surface area (Å²) < 4.78 is 36.5. The number of anilines is 1. The van der Waals surface area contributed by atoms with Crippen molar-refractivity contribution in [1.82, 2.24) is 0 Å². The zero-order valence-corrected chi connectivity index (χ0v) is 40.4. The van der Waals surface area contributed by atoms with Crippen molar-refractivity contribution in [2.45, 2.75) is 110 Å². The predicted octanol–water partition coefficient (Wildman–Crippen LogP) is 9.13. The van der Waals surface area contributed by atoms with Gasteiger partial charge < -0.3 is 5.11 Å². The Morgan fingerprint density at radius 3 is 1.68 bits per heavy atom. The van der Waals surface area contributed by atoms with E-state index in [1.54, 1.807) is 0 Å². The number of hydrogen-bond acceptors (Lipinski definition) is 7. The van der Waals surface area contributed by atoms with Crippen LogP contribution in [0.5, 0.6) is 0 Å². The van der Waals surface area contributed by atoms with Crippen molar-refractivity contribution in [2.24, 2.45) is 39.1 Å². The third-order valence-corrected chi connectivity index (χ3v) is 18.1. The molecule has 68 heavy (non-hydrogen) atoms. The average Bonchev–Trinajstić information content (AvgIpc) is 3.91. The fourth-order valence-electron chi connectivity index (χ4n) is 14.2. The highest BCUT2D eigenvalue weighted by atomic mass is 35.7. The lowest BCUT2D eigenvalue weighted by atomic mass is 9.40. The molecular formula is C59H64ClN3O5. The second-order valence-electron chi connectivity index (χ2n) is 21.3. The van der Waals surface area contributed by atoms with Gasteiger partial charge in [0, 0.05) is 35.1 Å². The number of halogens is 1. The monoisotopic (exact) mass is 929 g/mol. The molecule has 11 rings (SSSR count). The van der Waals surface area contributed by atoms with Gasteiger partial charge in [-0.25, -0.2) is 18.6 Å². The standard InChI is InChI=1S/C59H64N3O.ClHO4/c1-56-33-16-17-34-57(56,2)50-31-36-58(3)51(49(50)30-35-56)32-37-59(58,63)41-61-53(44-20-10-5-11-21-44)38-47(39-54(61)45-22-12-6-13-23-45)42-26-28-48(29-27-42)62-55(46-24-14-7-15-25-46)40-52(60-62)43-18-8-4-9-19-43;2-1(3,4)5/h4-15,18-29,38-39,49-51,55,63H,16-17,30-37,40-41H2,1-3H3;(H,2,3,4,5)/q+1;/p-1. The molecule has 5 aliphatic rings. The van der Waals surface area contributed by atoms with Crippen molar-refractivity contribution in [3.05, 3.63) is 169 Å². The highest BCUT2D eigenvalue weighted by molar-refractivity contribution is 6.03. The second kappa shape index (κ2) is 18.3. The first-order valence-corrected chi connectivity index (χ1v) is 26.0. The molecular weight excluding hydrogens is 866 g/mol. The molecule has 352 valence electrons. The minimum atomic E-state index is -4.94. The Labute approximate surface area is 404 Å². The zero-order chi connectivity index (χ0) is 47.3. The van der Waals surface area contributed by atoms with Gasteiger partial charge >= 0.3 is 0 Å². The van der Waals surface area contributed by atoms with Crippen molar-refractivity contribution >= 4 is 11.4 Å². The summed E-state index contributed by atoms with van der Waals surface area (Å²) >= 11 is 0. The van der Waals surface area contributed by atoms with E-state index in [4.69, 9.17) is 23.7 Å². The number of rotatable bonds is 8. The van der Waals surface area contributed by atoms with Crippen molar-refractivity contribution in [1.29, 1.82) is 0 Å². The Balaban J connectivity index is 0.00000103.